The number of thioether (sulfide) groups is 1. The molecular formula is C12H14O3S. The molecule has 1 heterocycles. The van der Waals surface area contributed by atoms with Crippen LogP contribution in [-0.4, -0.2) is 29.9 Å². The molecule has 1 saturated heterocycles. The highest BCUT2D eigenvalue weighted by atomic mass is 32.2. The summed E-state index contributed by atoms with van der Waals surface area (Å²) in [6, 6.07) is 8.99. The number of esters is 1. The summed E-state index contributed by atoms with van der Waals surface area (Å²) in [5.74, 6) is 0.664. The molecule has 0 bridgehead atoms. The van der Waals surface area contributed by atoms with Crippen molar-refractivity contribution in [3.05, 3.63) is 35.9 Å². The average Bonchev–Trinajstić information content (AvgIpc) is 2.75. The lowest BCUT2D eigenvalue weighted by Crippen LogP contribution is -2.28. The van der Waals surface area contributed by atoms with Crippen LogP contribution in [0.5, 0.6) is 0 Å². The number of carbonyl (C=O) groups excluding carboxylic acids is 1. The second-order valence-electron chi connectivity index (χ2n) is 3.77. The Bertz CT molecular complexity index is 358. The van der Waals surface area contributed by atoms with E-state index < -0.39 is 0 Å². The molecule has 0 N–H and O–H groups in total. The lowest BCUT2D eigenvalue weighted by atomic mass is 10.2. The summed E-state index contributed by atoms with van der Waals surface area (Å²) in [7, 11) is 0. The lowest BCUT2D eigenvalue weighted by molar-refractivity contribution is -0.00463. The van der Waals surface area contributed by atoms with Crippen molar-refractivity contribution in [2.45, 2.75) is 11.9 Å². The van der Waals surface area contributed by atoms with E-state index in [9.17, 15) is 4.79 Å². The molecule has 1 atom stereocenters. The molecule has 3 nitrogen and oxygen atoms in total. The summed E-state index contributed by atoms with van der Waals surface area (Å²) in [6.07, 6.45) is 0. The van der Waals surface area contributed by atoms with Gasteiger partial charge in [-0.2, -0.15) is 0 Å². The van der Waals surface area contributed by atoms with Crippen LogP contribution in [0, 0.1) is 0 Å². The van der Waals surface area contributed by atoms with Crippen LogP contribution >= 0.6 is 11.8 Å². The minimum Gasteiger partial charge on any atom is -0.458 e. The van der Waals surface area contributed by atoms with Crippen LogP contribution in [0.3, 0.4) is 0 Å². The van der Waals surface area contributed by atoms with Crippen LogP contribution in [0.25, 0.3) is 0 Å². The van der Waals surface area contributed by atoms with Gasteiger partial charge in [-0.3, -0.25) is 0 Å². The molecule has 86 valence electrons. The van der Waals surface area contributed by atoms with Crippen molar-refractivity contribution in [2.24, 2.45) is 0 Å². The second-order valence-corrected chi connectivity index (χ2v) is 5.33. The molecule has 1 aromatic rings. The van der Waals surface area contributed by atoms with Gasteiger partial charge in [0.25, 0.3) is 0 Å². The van der Waals surface area contributed by atoms with Gasteiger partial charge in [0.15, 0.2) is 0 Å². The number of carbonyl (C=O) groups is 1. The van der Waals surface area contributed by atoms with E-state index in [2.05, 4.69) is 0 Å². The van der Waals surface area contributed by atoms with Crippen molar-refractivity contribution < 1.29 is 14.3 Å². The SMILES string of the molecule is CC1(COC(=O)c2ccccc2)OCCS1. The summed E-state index contributed by atoms with van der Waals surface area (Å²) in [5, 5.41) is 0. The molecule has 0 aliphatic carbocycles. The van der Waals surface area contributed by atoms with Gasteiger partial charge >= 0.3 is 5.97 Å². The highest BCUT2D eigenvalue weighted by Crippen LogP contribution is 2.32. The van der Waals surface area contributed by atoms with Crippen LogP contribution in [0.4, 0.5) is 0 Å². The summed E-state index contributed by atoms with van der Waals surface area (Å²) < 4.78 is 10.7. The monoisotopic (exact) mass is 238 g/mol. The highest BCUT2D eigenvalue weighted by Gasteiger charge is 2.32. The molecule has 0 saturated carbocycles. The van der Waals surface area contributed by atoms with Crippen molar-refractivity contribution >= 4 is 17.7 Å². The van der Waals surface area contributed by atoms with Crippen molar-refractivity contribution in [1.29, 1.82) is 0 Å². The standard InChI is InChI=1S/C12H14O3S/c1-12(15-7-8-16-12)9-14-11(13)10-5-3-2-4-6-10/h2-6H,7-9H2,1H3. The third-order valence-corrected chi connectivity index (χ3v) is 3.59. The Kier molecular flexibility index (Phi) is 3.51. The van der Waals surface area contributed by atoms with Gasteiger partial charge < -0.3 is 9.47 Å². The summed E-state index contributed by atoms with van der Waals surface area (Å²) in [5.41, 5.74) is 0.578. The van der Waals surface area contributed by atoms with Crippen LogP contribution in [0.1, 0.15) is 17.3 Å². The third kappa shape index (κ3) is 2.77. The van der Waals surface area contributed by atoms with E-state index in [1.165, 1.54) is 0 Å². The van der Waals surface area contributed by atoms with Gasteiger partial charge in [0.2, 0.25) is 0 Å². The molecule has 1 aliphatic heterocycles. The zero-order valence-corrected chi connectivity index (χ0v) is 9.96. The second kappa shape index (κ2) is 4.89. The van der Waals surface area contributed by atoms with Gasteiger partial charge in [-0.25, -0.2) is 4.79 Å². The Morgan fingerprint density at radius 3 is 2.88 bits per heavy atom. The van der Waals surface area contributed by atoms with E-state index in [4.69, 9.17) is 9.47 Å². The number of rotatable bonds is 3. The van der Waals surface area contributed by atoms with E-state index in [1.54, 1.807) is 23.9 Å². The fourth-order valence-corrected chi connectivity index (χ4v) is 2.40. The molecule has 0 radical (unpaired) electrons. The topological polar surface area (TPSA) is 35.5 Å². The largest absolute Gasteiger partial charge is 0.458 e. The van der Waals surface area contributed by atoms with Crippen LogP contribution in [0.2, 0.25) is 0 Å². The molecule has 1 aromatic carbocycles. The number of benzene rings is 1. The van der Waals surface area contributed by atoms with E-state index in [0.29, 0.717) is 12.2 Å². The van der Waals surface area contributed by atoms with Crippen molar-refractivity contribution in [1.82, 2.24) is 0 Å². The molecule has 1 unspecified atom stereocenters. The molecule has 2 rings (SSSR count). The van der Waals surface area contributed by atoms with Gasteiger partial charge in [-0.15, -0.1) is 11.8 Å². The molecule has 16 heavy (non-hydrogen) atoms. The normalized spacial score (nSPS) is 24.3. The van der Waals surface area contributed by atoms with Crippen LogP contribution < -0.4 is 0 Å². The van der Waals surface area contributed by atoms with Gasteiger partial charge in [0.1, 0.15) is 11.5 Å². The van der Waals surface area contributed by atoms with Gasteiger partial charge in [-0.05, 0) is 19.1 Å². The van der Waals surface area contributed by atoms with E-state index in [1.807, 2.05) is 25.1 Å². The maximum absolute atomic E-state index is 11.7. The predicted molar refractivity (Wildman–Crippen MR) is 63.5 cm³/mol. The summed E-state index contributed by atoms with van der Waals surface area (Å²) in [6.45, 7) is 2.97. The summed E-state index contributed by atoms with van der Waals surface area (Å²) >= 11 is 1.68. The Morgan fingerprint density at radius 1 is 1.50 bits per heavy atom. The number of hydrogen-bond acceptors (Lipinski definition) is 4. The maximum atomic E-state index is 11.7. The summed E-state index contributed by atoms with van der Waals surface area (Å²) in [4.78, 5) is 11.3. The Balaban J connectivity index is 1.89. The Morgan fingerprint density at radius 2 is 2.25 bits per heavy atom. The average molecular weight is 238 g/mol. The molecular weight excluding hydrogens is 224 g/mol. The zero-order chi connectivity index (χ0) is 11.4. The van der Waals surface area contributed by atoms with Gasteiger partial charge in [0, 0.05) is 5.75 Å². The smallest absolute Gasteiger partial charge is 0.338 e. The maximum Gasteiger partial charge on any atom is 0.338 e. The molecule has 4 heteroatoms. The molecule has 1 fully saturated rings. The fourth-order valence-electron chi connectivity index (χ4n) is 1.49. The van der Waals surface area contributed by atoms with E-state index in [-0.39, 0.29) is 10.9 Å². The number of ether oxygens (including phenoxy) is 2. The Hall–Kier alpha value is -1.00. The first-order valence-electron chi connectivity index (χ1n) is 5.20. The molecule has 0 spiro atoms. The van der Waals surface area contributed by atoms with E-state index >= 15 is 0 Å². The minimum atomic E-state index is -0.371. The van der Waals surface area contributed by atoms with Crippen LogP contribution in [-0.2, 0) is 9.47 Å². The zero-order valence-electron chi connectivity index (χ0n) is 9.14. The third-order valence-electron chi connectivity index (χ3n) is 2.37. The highest BCUT2D eigenvalue weighted by molar-refractivity contribution is 8.00. The first-order chi connectivity index (χ1) is 7.70. The van der Waals surface area contributed by atoms with Gasteiger partial charge in [-0.1, -0.05) is 18.2 Å². The predicted octanol–water partition coefficient (Wildman–Crippen LogP) is 2.32. The van der Waals surface area contributed by atoms with Crippen molar-refractivity contribution in [3.8, 4) is 0 Å². The first-order valence-corrected chi connectivity index (χ1v) is 6.18. The number of hydrogen-bond donors (Lipinski definition) is 0. The van der Waals surface area contributed by atoms with Crippen molar-refractivity contribution in [3.63, 3.8) is 0 Å². The Labute approximate surface area is 99.1 Å². The fraction of sp³-hybridized carbons (Fsp3) is 0.417. The van der Waals surface area contributed by atoms with Crippen LogP contribution in [0.15, 0.2) is 30.3 Å². The molecule has 0 amide bonds. The van der Waals surface area contributed by atoms with Crippen molar-refractivity contribution in [2.75, 3.05) is 19.0 Å². The first kappa shape index (κ1) is 11.5. The van der Waals surface area contributed by atoms with Gasteiger partial charge in [0.05, 0.1) is 12.2 Å². The van der Waals surface area contributed by atoms with E-state index in [0.717, 1.165) is 12.4 Å². The molecule has 1 aliphatic rings. The quantitative estimate of drug-likeness (QED) is 0.757. The minimum absolute atomic E-state index is 0.294. The molecule has 0 aromatic heterocycles. The lowest BCUT2D eigenvalue weighted by Gasteiger charge is -2.21.